The summed E-state index contributed by atoms with van der Waals surface area (Å²) in [5.41, 5.74) is 0.553. The number of pyridine rings is 1. The number of carbonyl (C=O) groups excluding carboxylic acids is 2. The SMILES string of the molecule is C=CC(=O)N1CCN2c3ncc(C(C)=O)cc3OCC[C@@H]2C1. The molecule has 0 radical (unpaired) electrons. The molecule has 1 amide bonds. The second kappa shape index (κ2) is 5.79. The van der Waals surface area contributed by atoms with Crippen molar-refractivity contribution in [2.45, 2.75) is 19.4 Å². The van der Waals surface area contributed by atoms with Crippen LogP contribution in [-0.2, 0) is 4.79 Å². The number of piperazine rings is 1. The Bertz CT molecular complexity index is 629. The van der Waals surface area contributed by atoms with E-state index in [4.69, 9.17) is 4.74 Å². The highest BCUT2D eigenvalue weighted by molar-refractivity contribution is 5.94. The number of rotatable bonds is 2. The Morgan fingerprint density at radius 3 is 3.00 bits per heavy atom. The summed E-state index contributed by atoms with van der Waals surface area (Å²) in [7, 11) is 0. The van der Waals surface area contributed by atoms with Crippen LogP contribution in [0.15, 0.2) is 24.9 Å². The van der Waals surface area contributed by atoms with Crippen molar-refractivity contribution in [1.29, 1.82) is 0 Å². The maximum Gasteiger partial charge on any atom is 0.246 e. The van der Waals surface area contributed by atoms with Gasteiger partial charge >= 0.3 is 0 Å². The zero-order valence-electron chi connectivity index (χ0n) is 12.6. The quantitative estimate of drug-likeness (QED) is 0.608. The number of hydrogen-bond acceptors (Lipinski definition) is 5. The first-order valence-electron chi connectivity index (χ1n) is 7.42. The lowest BCUT2D eigenvalue weighted by Gasteiger charge is -2.40. The Kier molecular flexibility index (Phi) is 3.83. The van der Waals surface area contributed by atoms with E-state index < -0.39 is 0 Å². The summed E-state index contributed by atoms with van der Waals surface area (Å²) in [6.07, 6.45) is 3.76. The normalized spacial score (nSPS) is 20.3. The standard InChI is InChI=1S/C16H19N3O3/c1-3-15(21)18-5-6-19-13(10-18)4-7-22-14-8-12(11(2)20)9-17-16(14)19/h3,8-9,13H,1,4-7,10H2,2H3/t13-/m1/s1. The van der Waals surface area contributed by atoms with E-state index in [2.05, 4.69) is 16.5 Å². The molecule has 1 aromatic rings. The van der Waals surface area contributed by atoms with Crippen molar-refractivity contribution in [2.75, 3.05) is 31.1 Å². The predicted molar refractivity (Wildman–Crippen MR) is 82.3 cm³/mol. The molecule has 3 rings (SSSR count). The molecule has 22 heavy (non-hydrogen) atoms. The van der Waals surface area contributed by atoms with E-state index in [1.807, 2.05) is 4.90 Å². The maximum atomic E-state index is 11.8. The number of nitrogens with zero attached hydrogens (tertiary/aromatic N) is 3. The number of hydrogen-bond donors (Lipinski definition) is 0. The maximum absolute atomic E-state index is 11.8. The van der Waals surface area contributed by atoms with Crippen molar-refractivity contribution >= 4 is 17.5 Å². The largest absolute Gasteiger partial charge is 0.490 e. The summed E-state index contributed by atoms with van der Waals surface area (Å²) in [4.78, 5) is 31.7. The van der Waals surface area contributed by atoms with Gasteiger partial charge in [-0.2, -0.15) is 0 Å². The fourth-order valence-corrected chi connectivity index (χ4v) is 2.97. The first-order chi connectivity index (χ1) is 10.6. The minimum Gasteiger partial charge on any atom is -0.490 e. The second-order valence-electron chi connectivity index (χ2n) is 5.57. The third-order valence-electron chi connectivity index (χ3n) is 4.19. The van der Waals surface area contributed by atoms with Gasteiger partial charge < -0.3 is 14.5 Å². The van der Waals surface area contributed by atoms with Crippen molar-refractivity contribution in [2.24, 2.45) is 0 Å². The van der Waals surface area contributed by atoms with Gasteiger partial charge in [0.1, 0.15) is 0 Å². The lowest BCUT2D eigenvalue weighted by atomic mass is 10.1. The van der Waals surface area contributed by atoms with Gasteiger partial charge in [-0.15, -0.1) is 0 Å². The summed E-state index contributed by atoms with van der Waals surface area (Å²) in [6, 6.07) is 1.93. The molecule has 1 aromatic heterocycles. The van der Waals surface area contributed by atoms with E-state index in [1.54, 1.807) is 12.3 Å². The topological polar surface area (TPSA) is 62.7 Å². The van der Waals surface area contributed by atoms with Crippen LogP contribution in [0.4, 0.5) is 5.82 Å². The van der Waals surface area contributed by atoms with Crippen molar-refractivity contribution in [3.8, 4) is 5.75 Å². The molecule has 0 N–H and O–H groups in total. The fraction of sp³-hybridized carbons (Fsp3) is 0.438. The zero-order valence-corrected chi connectivity index (χ0v) is 12.6. The molecule has 1 atom stereocenters. The molecule has 6 heteroatoms. The van der Waals surface area contributed by atoms with Crippen molar-refractivity contribution < 1.29 is 14.3 Å². The molecule has 3 heterocycles. The number of ketones is 1. The first-order valence-corrected chi connectivity index (χ1v) is 7.42. The van der Waals surface area contributed by atoms with Crippen molar-refractivity contribution in [3.63, 3.8) is 0 Å². The number of aromatic nitrogens is 1. The van der Waals surface area contributed by atoms with Crippen LogP contribution in [0.2, 0.25) is 0 Å². The number of ether oxygens (including phenoxy) is 1. The highest BCUT2D eigenvalue weighted by atomic mass is 16.5. The molecule has 0 bridgehead atoms. The molecule has 0 aromatic carbocycles. The average molecular weight is 301 g/mol. The fourth-order valence-electron chi connectivity index (χ4n) is 2.97. The summed E-state index contributed by atoms with van der Waals surface area (Å²) in [6.45, 7) is 7.59. The van der Waals surface area contributed by atoms with Crippen LogP contribution in [0.1, 0.15) is 23.7 Å². The Morgan fingerprint density at radius 2 is 2.27 bits per heavy atom. The van der Waals surface area contributed by atoms with Crippen LogP contribution in [0, 0.1) is 0 Å². The summed E-state index contributed by atoms with van der Waals surface area (Å²) in [5, 5.41) is 0. The Hall–Kier alpha value is -2.37. The lowest BCUT2D eigenvalue weighted by molar-refractivity contribution is -0.126. The predicted octanol–water partition coefficient (Wildman–Crippen LogP) is 1.27. The number of fused-ring (bicyclic) bond motifs is 3. The van der Waals surface area contributed by atoms with E-state index in [9.17, 15) is 9.59 Å². The van der Waals surface area contributed by atoms with Gasteiger partial charge in [0, 0.05) is 37.8 Å². The Labute approximate surface area is 129 Å². The molecule has 0 spiro atoms. The first kappa shape index (κ1) is 14.6. The highest BCUT2D eigenvalue weighted by Crippen LogP contribution is 2.33. The summed E-state index contributed by atoms with van der Waals surface area (Å²) in [5.74, 6) is 1.35. The second-order valence-corrected chi connectivity index (χ2v) is 5.57. The van der Waals surface area contributed by atoms with Crippen molar-refractivity contribution in [1.82, 2.24) is 9.88 Å². The Balaban J connectivity index is 1.88. The van der Waals surface area contributed by atoms with E-state index in [-0.39, 0.29) is 17.7 Å². The van der Waals surface area contributed by atoms with Crippen LogP contribution < -0.4 is 9.64 Å². The number of Topliss-reactive ketones (excluding diaryl/α,β-unsaturated/α-hetero) is 1. The number of amides is 1. The van der Waals surface area contributed by atoms with E-state index in [1.165, 1.54) is 13.0 Å². The molecule has 2 aliphatic rings. The van der Waals surface area contributed by atoms with Gasteiger partial charge in [-0.05, 0) is 19.1 Å². The Morgan fingerprint density at radius 1 is 1.45 bits per heavy atom. The zero-order chi connectivity index (χ0) is 15.7. The van der Waals surface area contributed by atoms with Gasteiger partial charge in [-0.25, -0.2) is 4.98 Å². The molecule has 1 saturated heterocycles. The van der Waals surface area contributed by atoms with Crippen LogP contribution in [0.5, 0.6) is 5.75 Å². The molecule has 0 unspecified atom stereocenters. The van der Waals surface area contributed by atoms with Crippen LogP contribution in [0.3, 0.4) is 0 Å². The van der Waals surface area contributed by atoms with Crippen LogP contribution in [0.25, 0.3) is 0 Å². The van der Waals surface area contributed by atoms with Crippen LogP contribution >= 0.6 is 0 Å². The molecular formula is C16H19N3O3. The average Bonchev–Trinajstić information content (AvgIpc) is 2.71. The van der Waals surface area contributed by atoms with E-state index in [0.29, 0.717) is 37.6 Å². The van der Waals surface area contributed by atoms with E-state index in [0.717, 1.165) is 12.2 Å². The third kappa shape index (κ3) is 2.56. The number of carbonyl (C=O) groups is 2. The van der Waals surface area contributed by atoms with Crippen molar-refractivity contribution in [3.05, 3.63) is 30.5 Å². The third-order valence-corrected chi connectivity index (χ3v) is 4.19. The molecule has 2 aliphatic heterocycles. The van der Waals surface area contributed by atoms with Gasteiger partial charge in [0.25, 0.3) is 0 Å². The molecule has 0 aliphatic carbocycles. The summed E-state index contributed by atoms with van der Waals surface area (Å²) < 4.78 is 5.77. The molecule has 0 saturated carbocycles. The molecule has 116 valence electrons. The van der Waals surface area contributed by atoms with Gasteiger partial charge in [0.05, 0.1) is 12.6 Å². The smallest absolute Gasteiger partial charge is 0.246 e. The van der Waals surface area contributed by atoms with Gasteiger partial charge in [-0.3, -0.25) is 9.59 Å². The molecule has 1 fully saturated rings. The minimum absolute atomic E-state index is 0.0268. The molecular weight excluding hydrogens is 282 g/mol. The lowest BCUT2D eigenvalue weighted by Crippen LogP contribution is -2.54. The van der Waals surface area contributed by atoms with Gasteiger partial charge in [0.2, 0.25) is 5.91 Å². The molecule has 6 nitrogen and oxygen atoms in total. The van der Waals surface area contributed by atoms with Gasteiger partial charge in [0.15, 0.2) is 17.4 Å². The van der Waals surface area contributed by atoms with E-state index >= 15 is 0 Å². The monoisotopic (exact) mass is 301 g/mol. The minimum atomic E-state index is -0.0371. The van der Waals surface area contributed by atoms with Crippen LogP contribution in [-0.4, -0.2) is 53.9 Å². The number of anilines is 1. The highest BCUT2D eigenvalue weighted by Gasteiger charge is 2.33. The van der Waals surface area contributed by atoms with Gasteiger partial charge in [-0.1, -0.05) is 6.58 Å². The summed E-state index contributed by atoms with van der Waals surface area (Å²) >= 11 is 0.